The Kier molecular flexibility index (Phi) is 4.40. The normalized spacial score (nSPS) is 14.6. The van der Waals surface area contributed by atoms with Gasteiger partial charge in [-0.2, -0.15) is 10.5 Å². The van der Waals surface area contributed by atoms with Crippen LogP contribution in [0.25, 0.3) is 11.3 Å². The van der Waals surface area contributed by atoms with Gasteiger partial charge in [0.1, 0.15) is 29.3 Å². The number of nitrogens with two attached hydrogens (primary N) is 2. The molecule has 9 heteroatoms. The van der Waals surface area contributed by atoms with Gasteiger partial charge in [0.05, 0.1) is 11.4 Å². The molecule has 2 aromatic heterocycles. The number of nitrogens with one attached hydrogen (secondary N) is 2. The molecule has 29 heavy (non-hydrogen) atoms. The van der Waals surface area contributed by atoms with E-state index in [4.69, 9.17) is 16.7 Å². The molecular formula is C20H15N9. The van der Waals surface area contributed by atoms with E-state index < -0.39 is 6.04 Å². The smallest absolute Gasteiger partial charge is 0.211 e. The predicted octanol–water partition coefficient (Wildman–Crippen LogP) is 2.12. The number of aromatic nitrogens is 2. The molecule has 3 heterocycles. The Labute approximate surface area is 166 Å². The summed E-state index contributed by atoms with van der Waals surface area (Å²) in [4.78, 5) is 13.1. The number of guanidine groups is 1. The lowest BCUT2D eigenvalue weighted by molar-refractivity contribution is 0.847. The van der Waals surface area contributed by atoms with Crippen LogP contribution in [0, 0.1) is 22.8 Å². The van der Waals surface area contributed by atoms with Gasteiger partial charge >= 0.3 is 0 Å². The van der Waals surface area contributed by atoms with E-state index in [1.807, 2.05) is 54.7 Å². The number of anilines is 3. The molecule has 0 radical (unpaired) electrons. The number of hydrogen-bond donors (Lipinski definition) is 4. The molecule has 9 nitrogen and oxygen atoms in total. The largest absolute Gasteiger partial charge is 0.397 e. The van der Waals surface area contributed by atoms with Crippen LogP contribution in [0.2, 0.25) is 0 Å². The quantitative estimate of drug-likeness (QED) is 0.387. The van der Waals surface area contributed by atoms with Crippen molar-refractivity contribution in [2.75, 3.05) is 16.8 Å². The van der Waals surface area contributed by atoms with Crippen molar-refractivity contribution < 1.29 is 0 Å². The van der Waals surface area contributed by atoms with Crippen LogP contribution in [0.3, 0.4) is 0 Å². The van der Waals surface area contributed by atoms with Gasteiger partial charge in [-0.15, -0.1) is 0 Å². The molecule has 140 valence electrons. The van der Waals surface area contributed by atoms with Crippen LogP contribution >= 0.6 is 0 Å². The van der Waals surface area contributed by atoms with Gasteiger partial charge in [0.2, 0.25) is 5.96 Å². The van der Waals surface area contributed by atoms with Crippen LogP contribution in [0.4, 0.5) is 17.3 Å². The van der Waals surface area contributed by atoms with Gasteiger partial charge < -0.3 is 16.8 Å². The highest BCUT2D eigenvalue weighted by Crippen LogP contribution is 2.40. The summed E-state index contributed by atoms with van der Waals surface area (Å²) in [6.45, 7) is 0. The zero-order valence-electron chi connectivity index (χ0n) is 15.1. The van der Waals surface area contributed by atoms with Crippen LogP contribution in [-0.4, -0.2) is 15.9 Å². The zero-order valence-corrected chi connectivity index (χ0v) is 15.1. The first-order valence-electron chi connectivity index (χ1n) is 8.62. The van der Waals surface area contributed by atoms with E-state index in [1.165, 1.54) is 0 Å². The van der Waals surface area contributed by atoms with Crippen molar-refractivity contribution in [3.63, 3.8) is 0 Å². The minimum absolute atomic E-state index is 0.0127. The van der Waals surface area contributed by atoms with E-state index in [2.05, 4.69) is 25.6 Å². The number of aliphatic imine (C=N–C) groups is 1. The number of rotatable bonds is 2. The van der Waals surface area contributed by atoms with E-state index in [0.29, 0.717) is 11.4 Å². The Bertz CT molecular complexity index is 1190. The van der Waals surface area contributed by atoms with Gasteiger partial charge in [0.25, 0.3) is 0 Å². The van der Waals surface area contributed by atoms with Crippen LogP contribution in [0.15, 0.2) is 53.7 Å². The predicted molar refractivity (Wildman–Crippen MR) is 109 cm³/mol. The maximum absolute atomic E-state index is 9.39. The molecule has 1 atom stereocenters. The third-order valence-electron chi connectivity index (χ3n) is 4.54. The number of benzene rings is 1. The average molecular weight is 381 g/mol. The highest BCUT2D eigenvalue weighted by molar-refractivity contribution is 5.98. The zero-order chi connectivity index (χ0) is 20.4. The second-order valence-electron chi connectivity index (χ2n) is 6.24. The van der Waals surface area contributed by atoms with E-state index in [-0.39, 0.29) is 23.0 Å². The van der Waals surface area contributed by atoms with Gasteiger partial charge in [0, 0.05) is 17.3 Å². The highest BCUT2D eigenvalue weighted by atomic mass is 15.2. The summed E-state index contributed by atoms with van der Waals surface area (Å²) in [5, 5.41) is 23.7. The number of pyridine rings is 2. The Balaban J connectivity index is 1.83. The molecule has 1 unspecified atom stereocenters. The van der Waals surface area contributed by atoms with Crippen LogP contribution in [0.5, 0.6) is 0 Å². The third kappa shape index (κ3) is 3.13. The summed E-state index contributed by atoms with van der Waals surface area (Å²) in [6.07, 6.45) is 3.56. The summed E-state index contributed by atoms with van der Waals surface area (Å²) < 4.78 is 0. The van der Waals surface area contributed by atoms with Gasteiger partial charge in [-0.25, -0.2) is 9.98 Å². The molecule has 1 aromatic carbocycles. The minimum Gasteiger partial charge on any atom is -0.397 e. The average Bonchev–Trinajstić information content (AvgIpc) is 2.74. The van der Waals surface area contributed by atoms with E-state index in [0.717, 1.165) is 16.8 Å². The number of hydrogen-bond acceptors (Lipinski definition) is 9. The molecule has 1 aliphatic heterocycles. The second kappa shape index (κ2) is 7.18. The lowest BCUT2D eigenvalue weighted by Gasteiger charge is -2.26. The fraction of sp³-hybridized carbons (Fsp3) is 0.0500. The molecule has 1 aliphatic rings. The SMILES string of the molecule is N#CNC1=NC(c2ccc(-c3ccccn3)cc2)c2c(nc(N)c(C#N)c2N)N1. The van der Waals surface area contributed by atoms with Crippen LogP contribution in [-0.2, 0) is 0 Å². The van der Waals surface area contributed by atoms with Crippen molar-refractivity contribution in [2.24, 2.45) is 4.99 Å². The molecule has 0 saturated heterocycles. The lowest BCUT2D eigenvalue weighted by Crippen LogP contribution is -2.32. The molecule has 4 rings (SSSR count). The maximum atomic E-state index is 9.39. The molecule has 0 amide bonds. The summed E-state index contributed by atoms with van der Waals surface area (Å²) in [5.41, 5.74) is 15.5. The third-order valence-corrected chi connectivity index (χ3v) is 4.54. The van der Waals surface area contributed by atoms with Crippen molar-refractivity contribution in [3.8, 4) is 23.5 Å². The molecular weight excluding hydrogens is 366 g/mol. The highest BCUT2D eigenvalue weighted by Gasteiger charge is 2.29. The fourth-order valence-electron chi connectivity index (χ4n) is 3.19. The van der Waals surface area contributed by atoms with Crippen molar-refractivity contribution in [2.45, 2.75) is 6.04 Å². The van der Waals surface area contributed by atoms with E-state index in [1.54, 1.807) is 6.20 Å². The summed E-state index contributed by atoms with van der Waals surface area (Å²) >= 11 is 0. The van der Waals surface area contributed by atoms with Gasteiger partial charge in [0.15, 0.2) is 6.19 Å². The van der Waals surface area contributed by atoms with Crippen molar-refractivity contribution >= 4 is 23.3 Å². The van der Waals surface area contributed by atoms with Gasteiger partial charge in [-0.3, -0.25) is 10.3 Å². The van der Waals surface area contributed by atoms with Crippen molar-refractivity contribution in [3.05, 3.63) is 65.4 Å². The van der Waals surface area contributed by atoms with Gasteiger partial charge in [-0.05, 0) is 17.7 Å². The standard InChI is InChI=1S/C20H15N9/c21-9-13-16(23)15-17(27-20(26-10-22)29-19(15)28-18(13)24)12-6-4-11(5-7-12)14-3-1-2-8-25-14/h1-8,17H,(H6,23,24,26,27,28,29). The molecule has 0 spiro atoms. The summed E-state index contributed by atoms with van der Waals surface area (Å²) in [7, 11) is 0. The monoisotopic (exact) mass is 381 g/mol. The first kappa shape index (κ1) is 17.8. The second-order valence-corrected chi connectivity index (χ2v) is 6.24. The Morgan fingerprint density at radius 2 is 1.86 bits per heavy atom. The molecule has 3 aromatic rings. The number of fused-ring (bicyclic) bond motifs is 1. The minimum atomic E-state index is -0.569. The Morgan fingerprint density at radius 1 is 1.07 bits per heavy atom. The summed E-state index contributed by atoms with van der Waals surface area (Å²) in [6, 6.07) is 14.8. The molecule has 0 aliphatic carbocycles. The Morgan fingerprint density at radius 3 is 2.52 bits per heavy atom. The molecule has 6 N–H and O–H groups in total. The van der Waals surface area contributed by atoms with Crippen molar-refractivity contribution in [1.29, 1.82) is 10.5 Å². The fourth-order valence-corrected chi connectivity index (χ4v) is 3.19. The van der Waals surface area contributed by atoms with Crippen LogP contribution < -0.4 is 22.1 Å². The molecule has 0 saturated carbocycles. The number of nitrogen functional groups attached to an aromatic ring is 2. The van der Waals surface area contributed by atoms with E-state index >= 15 is 0 Å². The molecule has 0 fully saturated rings. The first-order valence-corrected chi connectivity index (χ1v) is 8.62. The molecule has 0 bridgehead atoms. The maximum Gasteiger partial charge on any atom is 0.211 e. The topological polar surface area (TPSA) is 162 Å². The van der Waals surface area contributed by atoms with Crippen molar-refractivity contribution in [1.82, 2.24) is 15.3 Å². The lowest BCUT2D eigenvalue weighted by atomic mass is 9.94. The van der Waals surface area contributed by atoms with Crippen LogP contribution in [0.1, 0.15) is 22.7 Å². The van der Waals surface area contributed by atoms with Gasteiger partial charge in [-0.1, -0.05) is 30.3 Å². The first-order chi connectivity index (χ1) is 14.1. The number of nitriles is 2. The Hall–Kier alpha value is -4.63. The van der Waals surface area contributed by atoms with E-state index in [9.17, 15) is 5.26 Å². The summed E-state index contributed by atoms with van der Waals surface area (Å²) in [5.74, 6) is 0.582. The number of nitrogens with zero attached hydrogens (tertiary/aromatic N) is 5.